The predicted octanol–water partition coefficient (Wildman–Crippen LogP) is 3.85. The lowest BCUT2D eigenvalue weighted by atomic mass is 10.1. The number of benzene rings is 1. The lowest BCUT2D eigenvalue weighted by Gasteiger charge is -2.13. The number of fused-ring (bicyclic) bond motifs is 1. The Bertz CT molecular complexity index is 910. The van der Waals surface area contributed by atoms with E-state index in [2.05, 4.69) is 21.5 Å². The van der Waals surface area contributed by atoms with Crippen molar-refractivity contribution in [2.45, 2.75) is 44.4 Å². The van der Waals surface area contributed by atoms with Gasteiger partial charge in [-0.2, -0.15) is 0 Å². The maximum atomic E-state index is 9.34. The van der Waals surface area contributed by atoms with E-state index >= 15 is 0 Å². The van der Waals surface area contributed by atoms with Gasteiger partial charge in [-0.25, -0.2) is 9.97 Å². The molecule has 0 amide bonds. The average molecular weight is 387 g/mol. The molecular weight excluding hydrogens is 360 g/mol. The molecule has 0 aliphatic heterocycles. The Morgan fingerprint density at radius 2 is 2.07 bits per heavy atom. The van der Waals surface area contributed by atoms with Crippen molar-refractivity contribution in [3.05, 3.63) is 41.6 Å². The van der Waals surface area contributed by atoms with E-state index in [0.717, 1.165) is 45.1 Å². The van der Waals surface area contributed by atoms with Gasteiger partial charge in [0.05, 0.1) is 25.8 Å². The lowest BCUT2D eigenvalue weighted by molar-refractivity contribution is 0.281. The third kappa shape index (κ3) is 4.54. The van der Waals surface area contributed by atoms with Gasteiger partial charge in [0.15, 0.2) is 0 Å². The van der Waals surface area contributed by atoms with Crippen LogP contribution in [-0.4, -0.2) is 32.5 Å². The van der Waals surface area contributed by atoms with Crippen molar-refractivity contribution in [1.29, 1.82) is 0 Å². The molecule has 3 N–H and O–H groups in total. The summed E-state index contributed by atoms with van der Waals surface area (Å²) in [5.74, 6) is 2.08. The molecule has 0 fully saturated rings. The van der Waals surface area contributed by atoms with Crippen molar-refractivity contribution < 1.29 is 9.84 Å². The summed E-state index contributed by atoms with van der Waals surface area (Å²) in [6.45, 7) is 2.83. The molecule has 27 heavy (non-hydrogen) atoms. The molecule has 0 atom stereocenters. The first-order valence-electron chi connectivity index (χ1n) is 9.18. The largest absolute Gasteiger partial charge is 0.496 e. The summed E-state index contributed by atoms with van der Waals surface area (Å²) in [4.78, 5) is 8.87. The highest BCUT2D eigenvalue weighted by Gasteiger charge is 2.14. The van der Waals surface area contributed by atoms with E-state index < -0.39 is 0 Å². The molecule has 144 valence electrons. The minimum Gasteiger partial charge on any atom is -0.496 e. The molecule has 0 aliphatic rings. The number of hydrogen-bond donors (Lipinski definition) is 2. The van der Waals surface area contributed by atoms with Crippen molar-refractivity contribution in [2.24, 2.45) is 0 Å². The molecule has 0 unspecified atom stereocenters. The maximum absolute atomic E-state index is 9.34. The van der Waals surface area contributed by atoms with Gasteiger partial charge in [0.2, 0.25) is 5.95 Å². The van der Waals surface area contributed by atoms with Crippen LogP contribution in [0.15, 0.2) is 35.5 Å². The summed E-state index contributed by atoms with van der Waals surface area (Å²) in [6, 6.07) is 7.74. The van der Waals surface area contributed by atoms with Crippen LogP contribution in [0.4, 0.5) is 5.95 Å². The maximum Gasteiger partial charge on any atom is 0.221 e. The van der Waals surface area contributed by atoms with E-state index in [0.29, 0.717) is 12.5 Å². The van der Waals surface area contributed by atoms with E-state index in [1.807, 2.05) is 30.5 Å². The average Bonchev–Trinajstić information content (AvgIpc) is 3.08. The fourth-order valence-corrected chi connectivity index (χ4v) is 4.10. The van der Waals surface area contributed by atoms with E-state index in [9.17, 15) is 5.11 Å². The molecule has 0 saturated heterocycles. The number of anilines is 1. The number of ether oxygens (including phenoxy) is 1. The van der Waals surface area contributed by atoms with Crippen LogP contribution in [0.1, 0.15) is 37.3 Å². The number of nitrogen functional groups attached to an aromatic ring is 1. The number of thioether (sulfide) groups is 1. The highest BCUT2D eigenvalue weighted by Crippen LogP contribution is 2.30. The first-order chi connectivity index (χ1) is 13.2. The van der Waals surface area contributed by atoms with Crippen molar-refractivity contribution >= 4 is 28.7 Å². The number of aromatic nitrogens is 3. The summed E-state index contributed by atoms with van der Waals surface area (Å²) in [5, 5.41) is 10.3. The van der Waals surface area contributed by atoms with Crippen LogP contribution in [0.5, 0.6) is 5.75 Å². The summed E-state index contributed by atoms with van der Waals surface area (Å²) < 4.78 is 7.64. The second-order valence-electron chi connectivity index (χ2n) is 6.42. The first kappa shape index (κ1) is 19.5. The topological polar surface area (TPSA) is 86.2 Å². The molecule has 0 spiro atoms. The van der Waals surface area contributed by atoms with E-state index in [1.54, 1.807) is 18.9 Å². The van der Waals surface area contributed by atoms with Crippen LogP contribution < -0.4 is 10.5 Å². The Morgan fingerprint density at radius 3 is 2.81 bits per heavy atom. The van der Waals surface area contributed by atoms with Crippen LogP contribution in [-0.2, 0) is 13.2 Å². The van der Waals surface area contributed by atoms with Gasteiger partial charge in [-0.05, 0) is 29.9 Å². The van der Waals surface area contributed by atoms with Crippen molar-refractivity contribution in [2.75, 3.05) is 18.6 Å². The number of unbranched alkanes of at least 4 members (excludes halogenated alkanes) is 2. The highest BCUT2D eigenvalue weighted by molar-refractivity contribution is 7.99. The fraction of sp³-hybridized carbons (Fsp3) is 0.400. The summed E-state index contributed by atoms with van der Waals surface area (Å²) in [5.41, 5.74) is 9.62. The predicted molar refractivity (Wildman–Crippen MR) is 110 cm³/mol. The molecule has 0 saturated carbocycles. The van der Waals surface area contributed by atoms with Gasteiger partial charge in [0.1, 0.15) is 16.3 Å². The Morgan fingerprint density at radius 1 is 1.22 bits per heavy atom. The molecule has 3 aromatic rings. The molecule has 2 aromatic heterocycles. The Balaban J connectivity index is 1.93. The van der Waals surface area contributed by atoms with Gasteiger partial charge in [0.25, 0.3) is 0 Å². The van der Waals surface area contributed by atoms with Crippen LogP contribution in [0.2, 0.25) is 0 Å². The summed E-state index contributed by atoms with van der Waals surface area (Å²) in [6.07, 6.45) is 5.58. The SMILES string of the molecule is CCCCCSc1nc(N)nc2ccn(Cc3ccc(CO)cc3OC)c12. The third-order valence-electron chi connectivity index (χ3n) is 4.46. The van der Waals surface area contributed by atoms with Crippen LogP contribution in [0.25, 0.3) is 11.0 Å². The zero-order valence-corrected chi connectivity index (χ0v) is 16.6. The molecule has 6 nitrogen and oxygen atoms in total. The Kier molecular flexibility index (Phi) is 6.58. The number of nitrogens with zero attached hydrogens (tertiary/aromatic N) is 3. The zero-order valence-electron chi connectivity index (χ0n) is 15.8. The first-order valence-corrected chi connectivity index (χ1v) is 10.2. The summed E-state index contributed by atoms with van der Waals surface area (Å²) in [7, 11) is 1.65. The van der Waals surface area contributed by atoms with Gasteiger partial charge >= 0.3 is 0 Å². The van der Waals surface area contributed by atoms with Crippen molar-refractivity contribution in [3.63, 3.8) is 0 Å². The number of hydrogen-bond acceptors (Lipinski definition) is 6. The molecule has 0 bridgehead atoms. The Labute approximate surface area is 163 Å². The number of aliphatic hydroxyl groups excluding tert-OH is 1. The molecule has 3 rings (SSSR count). The van der Waals surface area contributed by atoms with Crippen LogP contribution in [0.3, 0.4) is 0 Å². The minimum absolute atomic E-state index is 0.00520. The van der Waals surface area contributed by atoms with Crippen LogP contribution in [0, 0.1) is 0 Å². The Hall–Kier alpha value is -2.25. The zero-order chi connectivity index (χ0) is 19.2. The second-order valence-corrected chi connectivity index (χ2v) is 7.51. The van der Waals surface area contributed by atoms with Crippen molar-refractivity contribution in [1.82, 2.24) is 14.5 Å². The highest BCUT2D eigenvalue weighted by atomic mass is 32.2. The molecule has 1 aromatic carbocycles. The molecule has 2 heterocycles. The monoisotopic (exact) mass is 386 g/mol. The number of nitrogens with two attached hydrogens (primary N) is 1. The van der Waals surface area contributed by atoms with E-state index in [1.165, 1.54) is 12.8 Å². The van der Waals surface area contributed by atoms with Crippen molar-refractivity contribution in [3.8, 4) is 5.75 Å². The third-order valence-corrected chi connectivity index (χ3v) is 5.51. The second kappa shape index (κ2) is 9.10. The van der Waals surface area contributed by atoms with Gasteiger partial charge in [-0.15, -0.1) is 11.8 Å². The van der Waals surface area contributed by atoms with Gasteiger partial charge in [-0.1, -0.05) is 31.9 Å². The molecular formula is C20H26N4O2S. The van der Waals surface area contributed by atoms with Crippen LogP contribution >= 0.6 is 11.8 Å². The van der Waals surface area contributed by atoms with Gasteiger partial charge in [-0.3, -0.25) is 0 Å². The normalized spacial score (nSPS) is 11.2. The lowest BCUT2D eigenvalue weighted by Crippen LogP contribution is -2.04. The fourth-order valence-electron chi connectivity index (χ4n) is 3.04. The van der Waals surface area contributed by atoms with Gasteiger partial charge in [0, 0.05) is 11.8 Å². The molecule has 0 aliphatic carbocycles. The minimum atomic E-state index is -0.00520. The smallest absolute Gasteiger partial charge is 0.221 e. The standard InChI is InChI=1S/C20H26N4O2S/c1-3-4-5-10-27-19-18-16(22-20(21)23-19)8-9-24(18)12-15-7-6-14(13-25)11-17(15)26-2/h6-9,11,25H,3-5,10,12-13H2,1-2H3,(H2,21,22,23). The van der Waals surface area contributed by atoms with Gasteiger partial charge < -0.3 is 20.1 Å². The quantitative estimate of drug-likeness (QED) is 0.330. The number of rotatable bonds is 9. The number of methoxy groups -OCH3 is 1. The summed E-state index contributed by atoms with van der Waals surface area (Å²) >= 11 is 1.73. The molecule has 7 heteroatoms. The number of aliphatic hydroxyl groups is 1. The molecule has 0 radical (unpaired) electrons. The van der Waals surface area contributed by atoms with E-state index in [-0.39, 0.29) is 6.61 Å². The van der Waals surface area contributed by atoms with E-state index in [4.69, 9.17) is 10.5 Å².